The smallest absolute Gasteiger partial charge is 0.166 e. The number of aromatic nitrogens is 1. The van der Waals surface area contributed by atoms with Gasteiger partial charge >= 0.3 is 0 Å². The van der Waals surface area contributed by atoms with Gasteiger partial charge in [0.25, 0.3) is 0 Å². The number of methoxy groups -OCH3 is 1. The average Bonchev–Trinajstić information content (AvgIpc) is 3.37. The standard InChI is InChI=1S/C30H32N2O3/c1-3-4-13-31-15-12-29-24-19-10-11-22(34-2)27(24)35-28(29)26-21(17-30(29,33)23(31)16-19)20-9-5-7-18-8-6-14-32(26)25(18)20/h3,5,7,9-11,23,28,33H,1,4,6,8,12-17H2,2H3/t23-,28+,29+,30-/m1/s1. The number of hydrogen-bond donors (Lipinski definition) is 1. The van der Waals surface area contributed by atoms with Crippen LogP contribution >= 0.6 is 0 Å². The van der Waals surface area contributed by atoms with E-state index in [1.165, 1.54) is 38.9 Å². The van der Waals surface area contributed by atoms with E-state index in [1.54, 1.807) is 7.11 Å². The molecule has 180 valence electrons. The maximum absolute atomic E-state index is 13.0. The predicted molar refractivity (Wildman–Crippen MR) is 135 cm³/mol. The Labute approximate surface area is 205 Å². The third kappa shape index (κ3) is 2.20. The molecule has 0 radical (unpaired) electrons. The molecule has 2 bridgehead atoms. The van der Waals surface area contributed by atoms with Crippen LogP contribution in [0.25, 0.3) is 10.9 Å². The summed E-state index contributed by atoms with van der Waals surface area (Å²) in [4.78, 5) is 2.53. The van der Waals surface area contributed by atoms with Gasteiger partial charge in [0.2, 0.25) is 0 Å². The molecule has 1 N–H and O–H groups in total. The molecule has 8 rings (SSSR count). The second-order valence-electron chi connectivity index (χ2n) is 11.2. The van der Waals surface area contributed by atoms with Gasteiger partial charge in [-0.1, -0.05) is 30.3 Å². The minimum atomic E-state index is -0.891. The molecule has 4 atom stereocenters. The lowest BCUT2D eigenvalue weighted by molar-refractivity contribution is -0.172. The van der Waals surface area contributed by atoms with Crippen LogP contribution in [0.3, 0.4) is 0 Å². The number of rotatable bonds is 4. The highest BCUT2D eigenvalue weighted by Gasteiger charge is 2.73. The summed E-state index contributed by atoms with van der Waals surface area (Å²) < 4.78 is 15.4. The molecule has 4 heterocycles. The third-order valence-corrected chi connectivity index (χ3v) is 9.99. The Kier molecular flexibility index (Phi) is 3.92. The number of ether oxygens (including phenoxy) is 2. The van der Waals surface area contributed by atoms with Crippen molar-refractivity contribution in [1.29, 1.82) is 0 Å². The lowest BCUT2D eigenvalue weighted by Crippen LogP contribution is -2.74. The summed E-state index contributed by atoms with van der Waals surface area (Å²) in [5.41, 5.74) is 6.62. The first-order valence-corrected chi connectivity index (χ1v) is 13.2. The lowest BCUT2D eigenvalue weighted by Gasteiger charge is -2.63. The molecule has 1 aromatic heterocycles. The highest BCUT2D eigenvalue weighted by Crippen LogP contribution is 2.69. The summed E-state index contributed by atoms with van der Waals surface area (Å²) in [6.07, 6.45) is 7.44. The summed E-state index contributed by atoms with van der Waals surface area (Å²) in [6.45, 7) is 6.89. The molecule has 5 heteroatoms. The fraction of sp³-hybridized carbons (Fsp3) is 0.467. The van der Waals surface area contributed by atoms with Gasteiger partial charge in [-0.2, -0.15) is 0 Å². The molecular weight excluding hydrogens is 436 g/mol. The van der Waals surface area contributed by atoms with Crippen molar-refractivity contribution < 1.29 is 14.6 Å². The van der Waals surface area contributed by atoms with Crippen molar-refractivity contribution in [3.63, 3.8) is 0 Å². The SMILES string of the molecule is C=CCCN1CC[C@]23c4c5ccc(OC)c4O[C@H]2c2c(c4cccc6c4n2CCC6)C[C@@]3(O)[C@H]1C5. The first-order valence-electron chi connectivity index (χ1n) is 13.2. The number of para-hydroxylation sites is 1. The van der Waals surface area contributed by atoms with Crippen LogP contribution in [-0.2, 0) is 31.2 Å². The van der Waals surface area contributed by atoms with Crippen LogP contribution in [0.5, 0.6) is 11.5 Å². The topological polar surface area (TPSA) is 46.9 Å². The molecule has 0 amide bonds. The van der Waals surface area contributed by atoms with E-state index in [2.05, 4.69) is 46.4 Å². The van der Waals surface area contributed by atoms with Crippen molar-refractivity contribution >= 4 is 10.9 Å². The number of aliphatic hydroxyl groups is 1. The van der Waals surface area contributed by atoms with Crippen LogP contribution in [0.4, 0.5) is 0 Å². The Morgan fingerprint density at radius 1 is 1.23 bits per heavy atom. The summed E-state index contributed by atoms with van der Waals surface area (Å²) in [5, 5.41) is 14.3. The fourth-order valence-electron chi connectivity index (χ4n) is 8.67. The van der Waals surface area contributed by atoms with Crippen molar-refractivity contribution in [2.75, 3.05) is 20.2 Å². The second-order valence-corrected chi connectivity index (χ2v) is 11.2. The van der Waals surface area contributed by atoms with Gasteiger partial charge in [-0.3, -0.25) is 4.90 Å². The van der Waals surface area contributed by atoms with E-state index < -0.39 is 11.0 Å². The summed E-state index contributed by atoms with van der Waals surface area (Å²) in [6, 6.07) is 11.1. The molecule has 1 saturated heterocycles. The maximum atomic E-state index is 13.0. The number of hydrogen-bond acceptors (Lipinski definition) is 4. The van der Waals surface area contributed by atoms with E-state index in [-0.39, 0.29) is 12.1 Å². The quantitative estimate of drug-likeness (QED) is 0.575. The van der Waals surface area contributed by atoms with Crippen LogP contribution in [0, 0.1) is 0 Å². The Morgan fingerprint density at radius 3 is 3.00 bits per heavy atom. The number of aryl methyl sites for hydroxylation is 2. The number of nitrogens with zero attached hydrogens (tertiary/aromatic N) is 2. The summed E-state index contributed by atoms with van der Waals surface area (Å²) in [7, 11) is 1.73. The van der Waals surface area contributed by atoms with Gasteiger partial charge in [0.1, 0.15) is 0 Å². The Hall–Kier alpha value is -2.76. The van der Waals surface area contributed by atoms with Gasteiger partial charge in [-0.25, -0.2) is 0 Å². The van der Waals surface area contributed by atoms with Crippen LogP contribution in [0.15, 0.2) is 43.0 Å². The zero-order valence-electron chi connectivity index (χ0n) is 20.3. The maximum Gasteiger partial charge on any atom is 0.166 e. The molecule has 3 aromatic rings. The van der Waals surface area contributed by atoms with Gasteiger partial charge in [-0.15, -0.1) is 6.58 Å². The molecule has 1 spiro atoms. The largest absolute Gasteiger partial charge is 0.493 e. The first-order chi connectivity index (χ1) is 17.1. The Morgan fingerprint density at radius 2 is 2.14 bits per heavy atom. The van der Waals surface area contributed by atoms with Crippen LogP contribution < -0.4 is 9.47 Å². The zero-order valence-corrected chi connectivity index (χ0v) is 20.3. The van der Waals surface area contributed by atoms with Gasteiger partial charge in [0, 0.05) is 36.5 Å². The molecule has 2 aliphatic carbocycles. The summed E-state index contributed by atoms with van der Waals surface area (Å²) >= 11 is 0. The molecule has 0 unspecified atom stereocenters. The van der Waals surface area contributed by atoms with E-state index in [0.717, 1.165) is 63.2 Å². The van der Waals surface area contributed by atoms with E-state index in [1.807, 2.05) is 6.08 Å². The zero-order chi connectivity index (χ0) is 23.5. The van der Waals surface area contributed by atoms with Gasteiger partial charge in [0.05, 0.1) is 29.3 Å². The van der Waals surface area contributed by atoms with Gasteiger partial charge in [0.15, 0.2) is 17.6 Å². The Bertz CT molecular complexity index is 1420. The minimum Gasteiger partial charge on any atom is -0.493 e. The van der Waals surface area contributed by atoms with Crippen molar-refractivity contribution in [3.05, 3.63) is 70.9 Å². The van der Waals surface area contributed by atoms with Crippen LogP contribution in [0.1, 0.15) is 53.3 Å². The molecule has 35 heavy (non-hydrogen) atoms. The highest BCUT2D eigenvalue weighted by molar-refractivity contribution is 5.90. The Balaban J connectivity index is 1.45. The van der Waals surface area contributed by atoms with E-state index in [0.29, 0.717) is 6.42 Å². The monoisotopic (exact) mass is 468 g/mol. The van der Waals surface area contributed by atoms with Gasteiger partial charge in [-0.05, 0) is 61.4 Å². The van der Waals surface area contributed by atoms with Crippen molar-refractivity contribution in [2.24, 2.45) is 0 Å². The third-order valence-electron chi connectivity index (χ3n) is 9.99. The highest BCUT2D eigenvalue weighted by atomic mass is 16.5. The molecule has 5 nitrogen and oxygen atoms in total. The van der Waals surface area contributed by atoms with E-state index >= 15 is 0 Å². The fourth-order valence-corrected chi connectivity index (χ4v) is 8.67. The molecule has 2 aromatic carbocycles. The predicted octanol–water partition coefficient (Wildman–Crippen LogP) is 4.46. The van der Waals surface area contributed by atoms with Gasteiger partial charge < -0.3 is 19.1 Å². The normalized spacial score (nSPS) is 31.6. The number of benzene rings is 2. The van der Waals surface area contributed by atoms with E-state index in [4.69, 9.17) is 9.47 Å². The summed E-state index contributed by atoms with van der Waals surface area (Å²) in [5.74, 6) is 1.66. The average molecular weight is 469 g/mol. The first kappa shape index (κ1) is 20.4. The molecular formula is C30H32N2O3. The molecule has 0 saturated carbocycles. The van der Waals surface area contributed by atoms with E-state index in [9.17, 15) is 5.11 Å². The molecule has 3 aliphatic heterocycles. The van der Waals surface area contributed by atoms with Crippen molar-refractivity contribution in [1.82, 2.24) is 9.47 Å². The number of piperidine rings is 1. The number of likely N-dealkylation sites (tertiary alicyclic amines) is 1. The minimum absolute atomic E-state index is 0.0639. The molecule has 1 fully saturated rings. The van der Waals surface area contributed by atoms with Crippen molar-refractivity contribution in [3.8, 4) is 11.5 Å². The van der Waals surface area contributed by atoms with Crippen molar-refractivity contribution in [2.45, 2.75) is 68.2 Å². The number of fused-ring (bicyclic) bond motifs is 4. The van der Waals surface area contributed by atoms with Crippen LogP contribution in [0.2, 0.25) is 0 Å². The molecule has 5 aliphatic rings. The second kappa shape index (κ2) is 6.71. The lowest BCUT2D eigenvalue weighted by atomic mass is 9.49. The van der Waals surface area contributed by atoms with Crippen LogP contribution in [-0.4, -0.2) is 46.4 Å².